The number of hydrogen-bond acceptors (Lipinski definition) is 4. The highest BCUT2D eigenvalue weighted by Gasteiger charge is 2.42. The number of carboxylic acids is 2. The number of ether oxygens (including phenoxy) is 2. The van der Waals surface area contributed by atoms with Crippen molar-refractivity contribution in [3.05, 3.63) is 53.6 Å². The Morgan fingerprint density at radius 3 is 2.35 bits per heavy atom. The molecule has 118 valence electrons. The molecule has 0 spiro atoms. The number of carboxylic acid groups (broad SMARTS) is 2. The van der Waals surface area contributed by atoms with Gasteiger partial charge in [0.25, 0.3) is 0 Å². The minimum Gasteiger partial charge on any atom is -0.497 e. The van der Waals surface area contributed by atoms with Gasteiger partial charge in [-0.2, -0.15) is 0 Å². The highest BCUT2D eigenvalue weighted by atomic mass is 16.5. The summed E-state index contributed by atoms with van der Waals surface area (Å²) >= 11 is 0. The topological polar surface area (TPSA) is 93.1 Å². The Balaban J connectivity index is 2.24. The third-order valence-electron chi connectivity index (χ3n) is 3.89. The molecule has 0 fully saturated rings. The highest BCUT2D eigenvalue weighted by molar-refractivity contribution is 5.95. The van der Waals surface area contributed by atoms with E-state index in [0.717, 1.165) is 0 Å². The summed E-state index contributed by atoms with van der Waals surface area (Å²) in [4.78, 5) is 23.1. The Morgan fingerprint density at radius 2 is 1.70 bits per heavy atom. The van der Waals surface area contributed by atoms with E-state index in [4.69, 9.17) is 9.47 Å². The van der Waals surface area contributed by atoms with Crippen LogP contribution in [-0.4, -0.2) is 29.3 Å². The third kappa shape index (κ3) is 2.48. The number of fused-ring (bicyclic) bond motifs is 2. The van der Waals surface area contributed by atoms with Gasteiger partial charge in [-0.1, -0.05) is 18.2 Å². The summed E-state index contributed by atoms with van der Waals surface area (Å²) in [5.74, 6) is -3.87. The predicted octanol–water partition coefficient (Wildman–Crippen LogP) is 2.72. The van der Waals surface area contributed by atoms with Crippen molar-refractivity contribution >= 4 is 11.9 Å². The number of para-hydroxylation sites is 1. The van der Waals surface area contributed by atoms with Crippen LogP contribution in [0, 0.1) is 5.92 Å². The first-order valence-electron chi connectivity index (χ1n) is 6.93. The maximum atomic E-state index is 11.6. The fourth-order valence-electron chi connectivity index (χ4n) is 2.86. The zero-order chi connectivity index (χ0) is 16.6. The largest absolute Gasteiger partial charge is 0.497 e. The van der Waals surface area contributed by atoms with E-state index in [-0.39, 0.29) is 0 Å². The van der Waals surface area contributed by atoms with Gasteiger partial charge in [-0.15, -0.1) is 0 Å². The third-order valence-corrected chi connectivity index (χ3v) is 3.89. The molecule has 0 aromatic heterocycles. The molecule has 3 rings (SSSR count). The minimum absolute atomic E-state index is 0.432. The first-order valence-corrected chi connectivity index (χ1v) is 6.93. The lowest BCUT2D eigenvalue weighted by atomic mass is 9.78. The van der Waals surface area contributed by atoms with Crippen LogP contribution in [0.1, 0.15) is 17.0 Å². The van der Waals surface area contributed by atoms with Crippen LogP contribution in [-0.2, 0) is 9.59 Å². The van der Waals surface area contributed by atoms with Crippen LogP contribution in [0.2, 0.25) is 0 Å². The molecule has 6 heteroatoms. The fraction of sp³-hybridized carbons (Fsp3) is 0.176. The van der Waals surface area contributed by atoms with E-state index in [1.165, 1.54) is 7.11 Å². The summed E-state index contributed by atoms with van der Waals surface area (Å²) in [7, 11) is 1.49. The van der Waals surface area contributed by atoms with Crippen LogP contribution < -0.4 is 9.47 Å². The number of carbonyl (C=O) groups is 2. The molecule has 0 radical (unpaired) electrons. The molecule has 0 amide bonds. The quantitative estimate of drug-likeness (QED) is 0.843. The van der Waals surface area contributed by atoms with Gasteiger partial charge in [-0.05, 0) is 24.3 Å². The molecule has 1 heterocycles. The number of hydrogen-bond donors (Lipinski definition) is 2. The second kappa shape index (κ2) is 5.64. The van der Waals surface area contributed by atoms with Crippen molar-refractivity contribution in [1.29, 1.82) is 0 Å². The van der Waals surface area contributed by atoms with E-state index in [2.05, 4.69) is 0 Å². The summed E-state index contributed by atoms with van der Waals surface area (Å²) in [5, 5.41) is 18.8. The second-order valence-corrected chi connectivity index (χ2v) is 5.18. The predicted molar refractivity (Wildman–Crippen MR) is 80.1 cm³/mol. The van der Waals surface area contributed by atoms with Crippen LogP contribution >= 0.6 is 0 Å². The summed E-state index contributed by atoms with van der Waals surface area (Å²) in [6.07, 6.45) is 0. The molecule has 0 unspecified atom stereocenters. The molecule has 2 N–H and O–H groups in total. The maximum absolute atomic E-state index is 11.6. The molecule has 0 saturated carbocycles. The zero-order valence-electron chi connectivity index (χ0n) is 12.2. The molecule has 2 aromatic carbocycles. The van der Waals surface area contributed by atoms with E-state index < -0.39 is 23.8 Å². The van der Waals surface area contributed by atoms with Crippen molar-refractivity contribution in [3.8, 4) is 17.2 Å². The standard InChI is InChI=1S/C17H14O6/c1-22-9-6-7-13-11(8-9)14(15(16(18)19)17(20)21)10-4-2-3-5-12(10)23-13/h2-8,14-15H,1H3,(H,18,19)(H,20,21)/t14-/m0/s1. The summed E-state index contributed by atoms with van der Waals surface area (Å²) in [6.45, 7) is 0. The van der Waals surface area contributed by atoms with E-state index in [1.807, 2.05) is 0 Å². The normalized spacial score (nSPS) is 15.3. The highest BCUT2D eigenvalue weighted by Crippen LogP contribution is 2.48. The summed E-state index contributed by atoms with van der Waals surface area (Å²) in [5.41, 5.74) is 1.01. The van der Waals surface area contributed by atoms with E-state index >= 15 is 0 Å². The first kappa shape index (κ1) is 14.9. The van der Waals surface area contributed by atoms with Crippen LogP contribution in [0.3, 0.4) is 0 Å². The summed E-state index contributed by atoms with van der Waals surface area (Å²) in [6, 6.07) is 11.8. The van der Waals surface area contributed by atoms with Gasteiger partial charge in [0.15, 0.2) is 5.92 Å². The molecular formula is C17H14O6. The minimum atomic E-state index is -1.62. The van der Waals surface area contributed by atoms with Gasteiger partial charge in [0, 0.05) is 17.0 Å². The fourth-order valence-corrected chi connectivity index (χ4v) is 2.86. The lowest BCUT2D eigenvalue weighted by Gasteiger charge is -2.30. The second-order valence-electron chi connectivity index (χ2n) is 5.18. The lowest BCUT2D eigenvalue weighted by Crippen LogP contribution is -2.32. The number of benzene rings is 2. The smallest absolute Gasteiger partial charge is 0.318 e. The Labute approximate surface area is 131 Å². The van der Waals surface area contributed by atoms with Gasteiger partial charge < -0.3 is 19.7 Å². The SMILES string of the molecule is COc1ccc2c(c1)[C@@H](C(C(=O)O)C(=O)O)c1ccccc1O2. The number of rotatable bonds is 4. The van der Waals surface area contributed by atoms with Crippen molar-refractivity contribution in [2.45, 2.75) is 5.92 Å². The van der Waals surface area contributed by atoms with Gasteiger partial charge in [0.2, 0.25) is 0 Å². The molecule has 2 aromatic rings. The molecule has 23 heavy (non-hydrogen) atoms. The lowest BCUT2D eigenvalue weighted by molar-refractivity contribution is -0.155. The van der Waals surface area contributed by atoms with Crippen molar-refractivity contribution in [3.63, 3.8) is 0 Å². The van der Waals surface area contributed by atoms with Crippen LogP contribution in [0.4, 0.5) is 0 Å². The zero-order valence-corrected chi connectivity index (χ0v) is 12.2. The van der Waals surface area contributed by atoms with Gasteiger partial charge in [0.05, 0.1) is 7.11 Å². The Bertz CT molecular complexity index is 768. The number of methoxy groups -OCH3 is 1. The Morgan fingerprint density at radius 1 is 1.04 bits per heavy atom. The van der Waals surface area contributed by atoms with Crippen LogP contribution in [0.5, 0.6) is 17.2 Å². The van der Waals surface area contributed by atoms with E-state index in [9.17, 15) is 19.8 Å². The van der Waals surface area contributed by atoms with Crippen molar-refractivity contribution in [2.24, 2.45) is 5.92 Å². The van der Waals surface area contributed by atoms with Crippen molar-refractivity contribution in [2.75, 3.05) is 7.11 Å². The van der Waals surface area contributed by atoms with Crippen LogP contribution in [0.15, 0.2) is 42.5 Å². The Kier molecular flexibility index (Phi) is 3.65. The average molecular weight is 314 g/mol. The van der Waals surface area contributed by atoms with E-state index in [0.29, 0.717) is 28.4 Å². The molecule has 0 saturated heterocycles. The molecule has 1 atom stereocenters. The van der Waals surface area contributed by atoms with Crippen LogP contribution in [0.25, 0.3) is 0 Å². The molecule has 6 nitrogen and oxygen atoms in total. The number of aliphatic carboxylic acids is 2. The molecule has 1 aliphatic heterocycles. The van der Waals surface area contributed by atoms with Crippen molar-refractivity contribution < 1.29 is 29.3 Å². The van der Waals surface area contributed by atoms with Crippen molar-refractivity contribution in [1.82, 2.24) is 0 Å². The van der Waals surface area contributed by atoms with Gasteiger partial charge in [-0.25, -0.2) is 0 Å². The maximum Gasteiger partial charge on any atom is 0.318 e. The molecule has 0 bridgehead atoms. The first-order chi connectivity index (χ1) is 11.0. The van der Waals surface area contributed by atoms with Gasteiger partial charge >= 0.3 is 11.9 Å². The average Bonchev–Trinajstić information content (AvgIpc) is 2.53. The molecular weight excluding hydrogens is 300 g/mol. The summed E-state index contributed by atoms with van der Waals surface area (Å²) < 4.78 is 10.9. The molecule has 0 aliphatic carbocycles. The monoisotopic (exact) mass is 314 g/mol. The van der Waals surface area contributed by atoms with Gasteiger partial charge in [-0.3, -0.25) is 9.59 Å². The van der Waals surface area contributed by atoms with E-state index in [1.54, 1.807) is 42.5 Å². The van der Waals surface area contributed by atoms with Gasteiger partial charge in [0.1, 0.15) is 17.2 Å². The molecule has 1 aliphatic rings. The Hall–Kier alpha value is -3.02.